The zero-order valence-electron chi connectivity index (χ0n) is 28.7. The number of para-hydroxylation sites is 2. The van der Waals surface area contributed by atoms with Gasteiger partial charge in [-0.25, -0.2) is 0 Å². The van der Waals surface area contributed by atoms with Crippen molar-refractivity contribution < 1.29 is 0 Å². The molecule has 1 aliphatic carbocycles. The summed E-state index contributed by atoms with van der Waals surface area (Å²) >= 11 is 0. The summed E-state index contributed by atoms with van der Waals surface area (Å²) in [7, 11) is 0. The number of rotatable bonds is 5. The number of aromatic nitrogens is 1. The molecule has 0 saturated heterocycles. The van der Waals surface area contributed by atoms with E-state index in [1.807, 2.05) is 0 Å². The van der Waals surface area contributed by atoms with Gasteiger partial charge in [0, 0.05) is 38.6 Å². The maximum absolute atomic E-state index is 2.48. The molecule has 0 spiro atoms. The van der Waals surface area contributed by atoms with Crippen molar-refractivity contribution in [3.8, 4) is 27.9 Å². The van der Waals surface area contributed by atoms with Gasteiger partial charge in [0.15, 0.2) is 0 Å². The predicted octanol–water partition coefficient (Wildman–Crippen LogP) is 13.4. The zero-order chi connectivity index (χ0) is 34.1. The SMILES string of the molecule is CC1(C)c2ccccc2-c2ccc(N(c3ccccc3)c3cc4ccccc4c4c3c3cc(-c5ccccc5)ccc3n4-c3ccccc3)cc21. The van der Waals surface area contributed by atoms with E-state index in [2.05, 4.69) is 205 Å². The predicted molar refractivity (Wildman–Crippen MR) is 216 cm³/mol. The molecule has 2 heteroatoms. The number of benzene rings is 8. The Hall–Kier alpha value is -6.38. The highest BCUT2D eigenvalue weighted by molar-refractivity contribution is 6.25. The molecule has 51 heavy (non-hydrogen) atoms. The second kappa shape index (κ2) is 11.3. The number of hydrogen-bond acceptors (Lipinski definition) is 1. The summed E-state index contributed by atoms with van der Waals surface area (Å²) in [6, 6.07) is 66.6. The van der Waals surface area contributed by atoms with Crippen molar-refractivity contribution in [1.29, 1.82) is 0 Å². The smallest absolute Gasteiger partial charge is 0.0640 e. The number of anilines is 3. The van der Waals surface area contributed by atoms with Crippen LogP contribution in [0.2, 0.25) is 0 Å². The van der Waals surface area contributed by atoms with Crippen LogP contribution in [0.25, 0.3) is 60.5 Å². The lowest BCUT2D eigenvalue weighted by molar-refractivity contribution is 0.660. The topological polar surface area (TPSA) is 8.17 Å². The van der Waals surface area contributed by atoms with Crippen molar-refractivity contribution >= 4 is 49.6 Å². The van der Waals surface area contributed by atoms with Gasteiger partial charge in [-0.1, -0.05) is 141 Å². The van der Waals surface area contributed by atoms with E-state index in [-0.39, 0.29) is 5.41 Å². The van der Waals surface area contributed by atoms with Crippen LogP contribution in [-0.4, -0.2) is 4.57 Å². The van der Waals surface area contributed by atoms with E-state index in [1.165, 1.54) is 66.0 Å². The van der Waals surface area contributed by atoms with Crippen LogP contribution < -0.4 is 4.90 Å². The molecular weight excluding hydrogens is 617 g/mol. The molecule has 0 atom stereocenters. The monoisotopic (exact) mass is 652 g/mol. The molecule has 1 heterocycles. The highest BCUT2D eigenvalue weighted by Gasteiger charge is 2.36. The van der Waals surface area contributed by atoms with Crippen LogP contribution in [0.15, 0.2) is 182 Å². The van der Waals surface area contributed by atoms with E-state index >= 15 is 0 Å². The number of fused-ring (bicyclic) bond motifs is 8. The van der Waals surface area contributed by atoms with Crippen molar-refractivity contribution in [3.63, 3.8) is 0 Å². The van der Waals surface area contributed by atoms with Crippen LogP contribution in [0.5, 0.6) is 0 Å². The second-order valence-corrected chi connectivity index (χ2v) is 14.2. The molecule has 0 saturated carbocycles. The fourth-order valence-corrected chi connectivity index (χ4v) is 8.53. The summed E-state index contributed by atoms with van der Waals surface area (Å²) in [5.74, 6) is 0. The Labute approximate surface area is 298 Å². The van der Waals surface area contributed by atoms with Gasteiger partial charge in [-0.3, -0.25) is 0 Å². The van der Waals surface area contributed by atoms with E-state index < -0.39 is 0 Å². The summed E-state index contributed by atoms with van der Waals surface area (Å²) in [6.45, 7) is 4.72. The largest absolute Gasteiger partial charge is 0.310 e. The van der Waals surface area contributed by atoms with Gasteiger partial charge in [-0.15, -0.1) is 0 Å². The molecule has 0 N–H and O–H groups in total. The summed E-state index contributed by atoms with van der Waals surface area (Å²) in [4.78, 5) is 2.48. The fourth-order valence-electron chi connectivity index (χ4n) is 8.53. The highest BCUT2D eigenvalue weighted by Crippen LogP contribution is 2.52. The molecule has 242 valence electrons. The molecule has 0 fully saturated rings. The third-order valence-corrected chi connectivity index (χ3v) is 10.9. The van der Waals surface area contributed by atoms with Crippen LogP contribution in [0, 0.1) is 0 Å². The van der Waals surface area contributed by atoms with Crippen molar-refractivity contribution in [2.24, 2.45) is 0 Å². The van der Waals surface area contributed by atoms with Gasteiger partial charge in [0.05, 0.1) is 16.7 Å². The third kappa shape index (κ3) is 4.50. The lowest BCUT2D eigenvalue weighted by Crippen LogP contribution is -2.16. The van der Waals surface area contributed by atoms with Crippen LogP contribution in [-0.2, 0) is 5.41 Å². The molecule has 0 amide bonds. The van der Waals surface area contributed by atoms with E-state index in [1.54, 1.807) is 0 Å². The van der Waals surface area contributed by atoms with Crippen LogP contribution >= 0.6 is 0 Å². The molecule has 0 bridgehead atoms. The maximum Gasteiger partial charge on any atom is 0.0640 e. The molecule has 10 rings (SSSR count). The molecule has 9 aromatic rings. The molecular formula is C49H36N2. The first kappa shape index (κ1) is 29.5. The first-order valence-corrected chi connectivity index (χ1v) is 17.8. The number of hydrogen-bond donors (Lipinski definition) is 0. The molecule has 0 unspecified atom stereocenters. The van der Waals surface area contributed by atoms with E-state index in [0.717, 1.165) is 22.7 Å². The van der Waals surface area contributed by atoms with Gasteiger partial charge in [0.1, 0.15) is 0 Å². The summed E-state index contributed by atoms with van der Waals surface area (Å²) in [6.07, 6.45) is 0. The minimum absolute atomic E-state index is 0.114. The highest BCUT2D eigenvalue weighted by atomic mass is 15.1. The Morgan fingerprint density at radius 3 is 1.94 bits per heavy atom. The second-order valence-electron chi connectivity index (χ2n) is 14.2. The lowest BCUT2D eigenvalue weighted by atomic mass is 9.82. The molecule has 8 aromatic carbocycles. The van der Waals surface area contributed by atoms with Crippen LogP contribution in [0.1, 0.15) is 25.0 Å². The summed E-state index contributed by atoms with van der Waals surface area (Å²) in [5, 5.41) is 4.90. The van der Waals surface area contributed by atoms with E-state index in [4.69, 9.17) is 0 Å². The van der Waals surface area contributed by atoms with Gasteiger partial charge in [0.2, 0.25) is 0 Å². The van der Waals surface area contributed by atoms with E-state index in [9.17, 15) is 0 Å². The molecule has 0 radical (unpaired) electrons. The molecule has 1 aromatic heterocycles. The van der Waals surface area contributed by atoms with Crippen molar-refractivity contribution in [2.75, 3.05) is 4.90 Å². The Morgan fingerprint density at radius 1 is 0.471 bits per heavy atom. The quantitative estimate of drug-likeness (QED) is 0.180. The van der Waals surface area contributed by atoms with Crippen molar-refractivity contribution in [3.05, 3.63) is 193 Å². The van der Waals surface area contributed by atoms with Gasteiger partial charge in [0.25, 0.3) is 0 Å². The van der Waals surface area contributed by atoms with Gasteiger partial charge < -0.3 is 9.47 Å². The zero-order valence-corrected chi connectivity index (χ0v) is 28.7. The minimum atomic E-state index is -0.114. The Kier molecular flexibility index (Phi) is 6.56. The lowest BCUT2D eigenvalue weighted by Gasteiger charge is -2.29. The first-order chi connectivity index (χ1) is 25.1. The third-order valence-electron chi connectivity index (χ3n) is 10.9. The van der Waals surface area contributed by atoms with Gasteiger partial charge in [-0.05, 0) is 93.4 Å². The van der Waals surface area contributed by atoms with Crippen LogP contribution in [0.3, 0.4) is 0 Å². The Bertz CT molecular complexity index is 2760. The molecule has 2 nitrogen and oxygen atoms in total. The Morgan fingerprint density at radius 2 is 1.14 bits per heavy atom. The van der Waals surface area contributed by atoms with Crippen molar-refractivity contribution in [2.45, 2.75) is 19.3 Å². The van der Waals surface area contributed by atoms with Crippen molar-refractivity contribution in [1.82, 2.24) is 4.57 Å². The maximum atomic E-state index is 2.48. The fraction of sp³-hybridized carbons (Fsp3) is 0.0612. The molecule has 0 aliphatic heterocycles. The minimum Gasteiger partial charge on any atom is -0.310 e. The summed E-state index contributed by atoms with van der Waals surface area (Å²) in [5.41, 5.74) is 14.7. The molecule has 1 aliphatic rings. The Balaban J connectivity index is 1.34. The standard InChI is InChI=1S/C49H36N2/c1-49(2)43-25-15-14-24-40(43)41-28-27-38(32-44(41)49)50(36-19-8-4-9-20-36)46-31-35-18-12-13-23-39(35)48-47(46)42-30-34(33-16-6-3-7-17-33)26-29-45(42)51(48)37-21-10-5-11-22-37/h3-32H,1-2H3. The van der Waals surface area contributed by atoms with Gasteiger partial charge in [-0.2, -0.15) is 0 Å². The number of nitrogens with zero attached hydrogens (tertiary/aromatic N) is 2. The summed E-state index contributed by atoms with van der Waals surface area (Å²) < 4.78 is 2.47. The van der Waals surface area contributed by atoms with E-state index in [0.29, 0.717) is 0 Å². The van der Waals surface area contributed by atoms with Gasteiger partial charge >= 0.3 is 0 Å². The average Bonchev–Trinajstić information content (AvgIpc) is 3.65. The average molecular weight is 653 g/mol. The normalized spacial score (nSPS) is 13.1. The van der Waals surface area contributed by atoms with Crippen LogP contribution in [0.4, 0.5) is 17.1 Å². The first-order valence-electron chi connectivity index (χ1n) is 17.8.